The molecule has 3 aromatic rings. The van der Waals surface area contributed by atoms with Gasteiger partial charge in [-0.3, -0.25) is 9.78 Å². The number of nitriles is 1. The lowest BCUT2D eigenvalue weighted by Crippen LogP contribution is -2.44. The number of aromatic nitrogens is 2. The normalized spacial score (nSPS) is 11.9. The Morgan fingerprint density at radius 3 is 2.53 bits per heavy atom. The zero-order chi connectivity index (χ0) is 25.1. The summed E-state index contributed by atoms with van der Waals surface area (Å²) in [6.45, 7) is 10.7. The van der Waals surface area contributed by atoms with Gasteiger partial charge in [-0.1, -0.05) is 51.1 Å². The molecule has 0 saturated heterocycles. The van der Waals surface area contributed by atoms with Crippen molar-refractivity contribution in [1.29, 1.82) is 5.26 Å². The molecule has 3 rings (SSSR count). The molecule has 0 saturated carbocycles. The Kier molecular flexibility index (Phi) is 7.28. The topological polar surface area (TPSA) is 123 Å². The third-order valence-corrected chi connectivity index (χ3v) is 10.9. The summed E-state index contributed by atoms with van der Waals surface area (Å²) < 4.78 is 6.94. The second-order valence-electron chi connectivity index (χ2n) is 9.16. The first-order chi connectivity index (χ1) is 15.9. The molecule has 2 aromatic carbocycles. The number of halogens is 1. The molecule has 176 valence electrons. The van der Waals surface area contributed by atoms with E-state index in [4.69, 9.17) is 4.43 Å². The van der Waals surface area contributed by atoms with Gasteiger partial charge >= 0.3 is 0 Å². The van der Waals surface area contributed by atoms with Gasteiger partial charge in [0.05, 0.1) is 21.9 Å². The highest BCUT2D eigenvalue weighted by molar-refractivity contribution is 9.10. The minimum Gasteiger partial charge on any atom is -0.543 e. The summed E-state index contributed by atoms with van der Waals surface area (Å²) in [5.74, 6) is 0.678. The zero-order valence-corrected chi connectivity index (χ0v) is 22.2. The van der Waals surface area contributed by atoms with Crippen LogP contribution in [0.2, 0.25) is 18.1 Å². The molecule has 8 nitrogen and oxygen atoms in total. The molecular formula is C24H26BrN5O3Si. The van der Waals surface area contributed by atoms with Crippen molar-refractivity contribution in [3.63, 3.8) is 0 Å². The first kappa shape index (κ1) is 25.2. The molecule has 0 unspecified atom stereocenters. The number of nitrogens with one attached hydrogen (secondary N) is 2. The van der Waals surface area contributed by atoms with Crippen LogP contribution >= 0.6 is 15.9 Å². The summed E-state index contributed by atoms with van der Waals surface area (Å²) in [6.07, 6.45) is 1.40. The highest BCUT2D eigenvalue weighted by atomic mass is 79.9. The Balaban J connectivity index is 1.91. The number of aromatic hydroxyl groups is 1. The van der Waals surface area contributed by atoms with Gasteiger partial charge in [-0.2, -0.15) is 10.4 Å². The second-order valence-corrected chi connectivity index (χ2v) is 14.7. The van der Waals surface area contributed by atoms with Crippen molar-refractivity contribution >= 4 is 36.4 Å². The Morgan fingerprint density at radius 1 is 1.24 bits per heavy atom. The van der Waals surface area contributed by atoms with E-state index in [0.717, 1.165) is 0 Å². The summed E-state index contributed by atoms with van der Waals surface area (Å²) >= 11 is 3.52. The Hall–Kier alpha value is -3.42. The number of hydrogen-bond donors (Lipinski definition) is 3. The van der Waals surface area contributed by atoms with E-state index in [0.29, 0.717) is 21.3 Å². The molecule has 0 amide bonds. The summed E-state index contributed by atoms with van der Waals surface area (Å²) in [6, 6.07) is 14.1. The molecule has 1 aromatic heterocycles. The van der Waals surface area contributed by atoms with Crippen LogP contribution in [0.5, 0.6) is 11.5 Å². The van der Waals surface area contributed by atoms with Gasteiger partial charge in [0.25, 0.3) is 13.9 Å². The predicted octanol–water partition coefficient (Wildman–Crippen LogP) is 5.61. The fourth-order valence-electron chi connectivity index (χ4n) is 2.79. The second kappa shape index (κ2) is 9.83. The standard InChI is InChI=1S/C24H26BrN5O3Si/c1-24(2,3)34(4,5)33-19-12-11-18(31)17(20(19)25)14-27-30-23-28-21(15-9-7-6-8-10-15)16(13-26)22(32)29-23/h6-12,14,31H,1-5H3,(H2,28,29,30,32). The highest BCUT2D eigenvalue weighted by Crippen LogP contribution is 2.41. The summed E-state index contributed by atoms with van der Waals surface area (Å²) in [4.78, 5) is 19.2. The van der Waals surface area contributed by atoms with Gasteiger partial charge in [-0.15, -0.1) is 0 Å². The predicted molar refractivity (Wildman–Crippen MR) is 140 cm³/mol. The Morgan fingerprint density at radius 2 is 1.91 bits per heavy atom. The van der Waals surface area contributed by atoms with E-state index in [2.05, 4.69) is 70.3 Å². The van der Waals surface area contributed by atoms with E-state index in [-0.39, 0.29) is 28.0 Å². The smallest absolute Gasteiger partial charge is 0.270 e. The quantitative estimate of drug-likeness (QED) is 0.212. The van der Waals surface area contributed by atoms with Crippen molar-refractivity contribution in [3.8, 4) is 28.8 Å². The van der Waals surface area contributed by atoms with Crippen LogP contribution in [-0.2, 0) is 0 Å². The van der Waals surface area contributed by atoms with Crippen molar-refractivity contribution < 1.29 is 9.53 Å². The number of hydrazone groups is 1. The lowest BCUT2D eigenvalue weighted by atomic mass is 10.1. The van der Waals surface area contributed by atoms with Gasteiger partial charge in [0.2, 0.25) is 5.95 Å². The maximum absolute atomic E-state index is 12.4. The van der Waals surface area contributed by atoms with Gasteiger partial charge < -0.3 is 9.53 Å². The van der Waals surface area contributed by atoms with E-state index in [9.17, 15) is 15.2 Å². The van der Waals surface area contributed by atoms with Crippen LogP contribution in [0.25, 0.3) is 11.3 Å². The summed E-state index contributed by atoms with van der Waals surface area (Å²) in [5.41, 5.74) is 3.29. The maximum atomic E-state index is 12.4. The number of aromatic amines is 1. The van der Waals surface area contributed by atoms with Crippen molar-refractivity contribution in [3.05, 3.63) is 68.4 Å². The molecule has 0 aliphatic carbocycles. The average molecular weight is 540 g/mol. The van der Waals surface area contributed by atoms with E-state index < -0.39 is 13.9 Å². The number of H-pyrrole nitrogens is 1. The number of hydrogen-bond acceptors (Lipinski definition) is 7. The molecule has 0 fully saturated rings. The van der Waals surface area contributed by atoms with Crippen LogP contribution < -0.4 is 15.4 Å². The van der Waals surface area contributed by atoms with Gasteiger partial charge in [0, 0.05) is 5.56 Å². The Labute approximate surface area is 207 Å². The number of rotatable bonds is 6. The van der Waals surface area contributed by atoms with Crippen molar-refractivity contribution in [2.24, 2.45) is 5.10 Å². The van der Waals surface area contributed by atoms with E-state index >= 15 is 0 Å². The van der Waals surface area contributed by atoms with E-state index in [1.54, 1.807) is 36.4 Å². The first-order valence-corrected chi connectivity index (χ1v) is 14.2. The van der Waals surface area contributed by atoms with Gasteiger partial charge in [-0.05, 0) is 46.2 Å². The van der Waals surface area contributed by atoms with Crippen LogP contribution in [0, 0.1) is 11.3 Å². The molecule has 0 aliphatic rings. The van der Waals surface area contributed by atoms with Crippen LogP contribution in [0.4, 0.5) is 5.95 Å². The van der Waals surface area contributed by atoms with E-state index in [1.165, 1.54) is 6.21 Å². The lowest BCUT2D eigenvalue weighted by molar-refractivity contribution is 0.466. The van der Waals surface area contributed by atoms with Crippen LogP contribution in [0.3, 0.4) is 0 Å². The molecule has 0 spiro atoms. The lowest BCUT2D eigenvalue weighted by Gasteiger charge is -2.36. The van der Waals surface area contributed by atoms with Crippen LogP contribution in [-0.4, -0.2) is 29.6 Å². The largest absolute Gasteiger partial charge is 0.543 e. The van der Waals surface area contributed by atoms with Gasteiger partial charge in [0.15, 0.2) is 0 Å². The fourth-order valence-corrected chi connectivity index (χ4v) is 4.48. The molecule has 3 N–H and O–H groups in total. The molecule has 10 heteroatoms. The molecule has 0 aliphatic heterocycles. The summed E-state index contributed by atoms with van der Waals surface area (Å²) in [7, 11) is -2.10. The SMILES string of the molecule is CC(C)(C)[Si](C)(C)Oc1ccc(O)c(C=NNc2nc(-c3ccccc3)c(C#N)c(=O)[nH]2)c1Br. The van der Waals surface area contributed by atoms with Crippen LogP contribution in [0.1, 0.15) is 31.9 Å². The number of nitrogens with zero attached hydrogens (tertiary/aromatic N) is 3. The number of phenolic OH excluding ortho intramolecular Hbond substituents is 1. The number of phenols is 1. The van der Waals surface area contributed by atoms with Crippen molar-refractivity contribution in [1.82, 2.24) is 9.97 Å². The van der Waals surface area contributed by atoms with Crippen molar-refractivity contribution in [2.45, 2.75) is 38.9 Å². The summed E-state index contributed by atoms with van der Waals surface area (Å²) in [5, 5.41) is 23.9. The maximum Gasteiger partial charge on any atom is 0.270 e. The molecule has 34 heavy (non-hydrogen) atoms. The van der Waals surface area contributed by atoms with Crippen LogP contribution in [0.15, 0.2) is 56.8 Å². The number of benzene rings is 2. The minimum absolute atomic E-state index is 0.00370. The molecule has 1 heterocycles. The highest BCUT2D eigenvalue weighted by Gasteiger charge is 2.39. The molecule has 0 radical (unpaired) electrons. The molecular weight excluding hydrogens is 514 g/mol. The van der Waals surface area contributed by atoms with E-state index in [1.807, 2.05) is 12.1 Å². The zero-order valence-electron chi connectivity index (χ0n) is 19.6. The number of anilines is 1. The minimum atomic E-state index is -2.10. The third kappa shape index (κ3) is 5.38. The van der Waals surface area contributed by atoms with Gasteiger partial charge in [0.1, 0.15) is 23.1 Å². The van der Waals surface area contributed by atoms with Gasteiger partial charge in [-0.25, -0.2) is 10.4 Å². The molecule has 0 bridgehead atoms. The third-order valence-electron chi connectivity index (χ3n) is 5.74. The first-order valence-electron chi connectivity index (χ1n) is 10.5. The monoisotopic (exact) mass is 539 g/mol. The fraction of sp³-hybridized carbons (Fsp3) is 0.250. The van der Waals surface area contributed by atoms with Crippen molar-refractivity contribution in [2.75, 3.05) is 5.43 Å². The Bertz CT molecular complexity index is 1330. The molecule has 0 atom stereocenters. The average Bonchev–Trinajstić information content (AvgIpc) is 2.77.